The molecule has 1 fully saturated rings. The molecular weight excluding hydrogens is 256 g/mol. The van der Waals surface area contributed by atoms with Crippen LogP contribution in [0, 0.1) is 6.92 Å². The van der Waals surface area contributed by atoms with Gasteiger partial charge >= 0.3 is 0 Å². The van der Waals surface area contributed by atoms with Gasteiger partial charge in [0.05, 0.1) is 16.2 Å². The topological polar surface area (TPSA) is 80.9 Å². The summed E-state index contributed by atoms with van der Waals surface area (Å²) in [5, 5.41) is 6.78. The molecule has 17 heavy (non-hydrogen) atoms. The zero-order chi connectivity index (χ0) is 12.5. The predicted molar refractivity (Wildman–Crippen MR) is 70.1 cm³/mol. The lowest BCUT2D eigenvalue weighted by Crippen LogP contribution is -2.54. The highest BCUT2D eigenvalue weighted by molar-refractivity contribution is 7.80. The van der Waals surface area contributed by atoms with Crippen molar-refractivity contribution in [3.63, 3.8) is 0 Å². The molecule has 0 bridgehead atoms. The van der Waals surface area contributed by atoms with E-state index in [1.165, 1.54) is 0 Å². The Balaban J connectivity index is 2.17. The largest absolute Gasteiger partial charge is 0.391 e. The number of hydrogen-bond donors (Lipinski definition) is 2. The van der Waals surface area contributed by atoms with E-state index in [1.54, 1.807) is 6.92 Å². The minimum Gasteiger partial charge on any atom is -0.391 e. The summed E-state index contributed by atoms with van der Waals surface area (Å²) in [6.07, 6.45) is 3.72. The van der Waals surface area contributed by atoms with Gasteiger partial charge in [0, 0.05) is 0 Å². The number of amides is 1. The van der Waals surface area contributed by atoms with Crippen LogP contribution in [0.2, 0.25) is 0 Å². The average Bonchev–Trinajstić information content (AvgIpc) is 2.87. The Hall–Kier alpha value is -1.08. The van der Waals surface area contributed by atoms with Crippen LogP contribution in [0.4, 0.5) is 0 Å². The third-order valence-electron chi connectivity index (χ3n) is 3.14. The van der Waals surface area contributed by atoms with Crippen molar-refractivity contribution in [2.45, 2.75) is 38.1 Å². The fourth-order valence-electron chi connectivity index (χ4n) is 2.13. The van der Waals surface area contributed by atoms with Gasteiger partial charge in [-0.2, -0.15) is 0 Å². The number of nitrogens with zero attached hydrogens (tertiary/aromatic N) is 2. The number of nitrogens with two attached hydrogens (primary N) is 1. The van der Waals surface area contributed by atoms with Gasteiger partial charge < -0.3 is 11.1 Å². The number of nitrogens with one attached hydrogen (secondary N) is 1. The molecule has 1 heterocycles. The molecule has 0 saturated heterocycles. The van der Waals surface area contributed by atoms with E-state index in [0.717, 1.165) is 37.2 Å². The molecule has 0 spiro atoms. The summed E-state index contributed by atoms with van der Waals surface area (Å²) >= 11 is 6.18. The first-order valence-corrected chi connectivity index (χ1v) is 6.65. The quantitative estimate of drug-likeness (QED) is 0.806. The van der Waals surface area contributed by atoms with E-state index in [0.29, 0.717) is 15.6 Å². The van der Waals surface area contributed by atoms with E-state index in [2.05, 4.69) is 14.9 Å². The molecule has 0 radical (unpaired) electrons. The second-order valence-corrected chi connectivity index (χ2v) is 5.49. The maximum atomic E-state index is 12.1. The van der Waals surface area contributed by atoms with Gasteiger partial charge in [-0.15, -0.1) is 5.10 Å². The normalized spacial score (nSPS) is 17.9. The van der Waals surface area contributed by atoms with Crippen LogP contribution in [0.15, 0.2) is 0 Å². The second-order valence-electron chi connectivity index (χ2n) is 4.30. The molecular formula is C10H14N4OS2. The summed E-state index contributed by atoms with van der Waals surface area (Å²) in [5.74, 6) is -0.174. The van der Waals surface area contributed by atoms with Gasteiger partial charge in [0.15, 0.2) is 0 Å². The highest BCUT2D eigenvalue weighted by Crippen LogP contribution is 2.30. The van der Waals surface area contributed by atoms with Crippen LogP contribution in [0.5, 0.6) is 0 Å². The van der Waals surface area contributed by atoms with E-state index in [1.807, 2.05) is 0 Å². The van der Waals surface area contributed by atoms with Gasteiger partial charge in [-0.05, 0) is 31.3 Å². The van der Waals surface area contributed by atoms with Crippen molar-refractivity contribution in [3.05, 3.63) is 10.6 Å². The Morgan fingerprint density at radius 1 is 1.53 bits per heavy atom. The van der Waals surface area contributed by atoms with Gasteiger partial charge in [-0.3, -0.25) is 4.79 Å². The van der Waals surface area contributed by atoms with Crippen molar-refractivity contribution in [2.75, 3.05) is 0 Å². The fourth-order valence-corrected chi connectivity index (χ4v) is 2.93. The monoisotopic (exact) mass is 270 g/mol. The van der Waals surface area contributed by atoms with E-state index in [4.69, 9.17) is 18.0 Å². The van der Waals surface area contributed by atoms with Gasteiger partial charge in [-0.1, -0.05) is 29.5 Å². The molecule has 1 amide bonds. The third-order valence-corrected chi connectivity index (χ3v) is 4.36. The Morgan fingerprint density at radius 2 is 2.18 bits per heavy atom. The fraction of sp³-hybridized carbons (Fsp3) is 0.600. The van der Waals surface area contributed by atoms with Crippen molar-refractivity contribution >= 4 is 34.6 Å². The van der Waals surface area contributed by atoms with Crippen LogP contribution in [0.1, 0.15) is 41.0 Å². The van der Waals surface area contributed by atoms with Gasteiger partial charge in [0.1, 0.15) is 4.88 Å². The smallest absolute Gasteiger partial charge is 0.265 e. The van der Waals surface area contributed by atoms with Gasteiger partial charge in [0.2, 0.25) is 0 Å². The molecule has 3 N–H and O–H groups in total. The molecule has 1 aliphatic rings. The number of carbonyl (C=O) groups is 1. The molecule has 1 aromatic rings. The number of rotatable bonds is 3. The zero-order valence-corrected chi connectivity index (χ0v) is 11.2. The van der Waals surface area contributed by atoms with Gasteiger partial charge in [0.25, 0.3) is 5.91 Å². The first-order chi connectivity index (χ1) is 8.05. The molecule has 1 aliphatic carbocycles. The van der Waals surface area contributed by atoms with Gasteiger partial charge in [-0.25, -0.2) is 0 Å². The van der Waals surface area contributed by atoms with Crippen molar-refractivity contribution < 1.29 is 4.79 Å². The summed E-state index contributed by atoms with van der Waals surface area (Å²) in [7, 11) is 0. The molecule has 0 aromatic carbocycles. The summed E-state index contributed by atoms with van der Waals surface area (Å²) in [6, 6.07) is 0. The number of thiocarbonyl (C=S) groups is 1. The summed E-state index contributed by atoms with van der Waals surface area (Å²) in [5.41, 5.74) is 5.89. The molecule has 7 heteroatoms. The molecule has 0 atom stereocenters. The Bertz CT molecular complexity index is 451. The van der Waals surface area contributed by atoms with Crippen LogP contribution in [0.3, 0.4) is 0 Å². The van der Waals surface area contributed by atoms with Crippen LogP contribution in [0.25, 0.3) is 0 Å². The maximum Gasteiger partial charge on any atom is 0.265 e. The van der Waals surface area contributed by atoms with Crippen LogP contribution >= 0.6 is 23.8 Å². The number of aryl methyl sites for hydroxylation is 1. The molecule has 0 aliphatic heterocycles. The predicted octanol–water partition coefficient (Wildman–Crippen LogP) is 1.18. The Labute approximate surface area is 109 Å². The zero-order valence-electron chi connectivity index (χ0n) is 9.52. The van der Waals surface area contributed by atoms with E-state index < -0.39 is 5.54 Å². The molecule has 1 saturated carbocycles. The number of hydrogen-bond acceptors (Lipinski definition) is 5. The third kappa shape index (κ3) is 2.30. The molecule has 92 valence electrons. The van der Waals surface area contributed by atoms with E-state index in [9.17, 15) is 4.79 Å². The first-order valence-electron chi connectivity index (χ1n) is 5.46. The minimum absolute atomic E-state index is 0.174. The summed E-state index contributed by atoms with van der Waals surface area (Å²) in [4.78, 5) is 13.0. The summed E-state index contributed by atoms with van der Waals surface area (Å²) < 4.78 is 3.75. The average molecular weight is 270 g/mol. The number of carbonyl (C=O) groups excluding carboxylic acids is 1. The van der Waals surface area contributed by atoms with E-state index in [-0.39, 0.29) is 5.91 Å². The van der Waals surface area contributed by atoms with E-state index >= 15 is 0 Å². The minimum atomic E-state index is -0.511. The summed E-state index contributed by atoms with van der Waals surface area (Å²) in [6.45, 7) is 1.76. The lowest BCUT2D eigenvalue weighted by Gasteiger charge is -2.28. The first kappa shape index (κ1) is 12.4. The highest BCUT2D eigenvalue weighted by Gasteiger charge is 2.38. The molecule has 1 aromatic heterocycles. The molecule has 5 nitrogen and oxygen atoms in total. The van der Waals surface area contributed by atoms with Crippen molar-refractivity contribution in [3.8, 4) is 0 Å². The SMILES string of the molecule is Cc1nnsc1C(=O)NC1(C(N)=S)CCCC1. The van der Waals surface area contributed by atoms with Crippen molar-refractivity contribution in [1.82, 2.24) is 14.9 Å². The molecule has 0 unspecified atom stereocenters. The lowest BCUT2D eigenvalue weighted by molar-refractivity contribution is 0.0928. The Morgan fingerprint density at radius 3 is 2.65 bits per heavy atom. The van der Waals surface area contributed by atoms with Crippen LogP contribution in [-0.4, -0.2) is 26.0 Å². The second kappa shape index (κ2) is 4.66. The van der Waals surface area contributed by atoms with Crippen LogP contribution in [-0.2, 0) is 0 Å². The highest BCUT2D eigenvalue weighted by atomic mass is 32.1. The maximum absolute atomic E-state index is 12.1. The standard InChI is InChI=1S/C10H14N4OS2/c1-6-7(17-14-13-6)8(15)12-10(9(11)16)4-2-3-5-10/h2-5H2,1H3,(H2,11,16)(H,12,15). The van der Waals surface area contributed by atoms with Crippen molar-refractivity contribution in [2.24, 2.45) is 5.73 Å². The van der Waals surface area contributed by atoms with Crippen LogP contribution < -0.4 is 11.1 Å². The molecule has 2 rings (SSSR count). The number of aromatic nitrogens is 2. The Kier molecular flexibility index (Phi) is 3.39. The van der Waals surface area contributed by atoms with Crippen molar-refractivity contribution in [1.29, 1.82) is 0 Å². The lowest BCUT2D eigenvalue weighted by atomic mass is 9.97.